The number of halogens is 3. The second kappa shape index (κ2) is 5.64. The fourth-order valence-electron chi connectivity index (χ4n) is 2.21. The minimum atomic E-state index is -5.01. The van der Waals surface area contributed by atoms with E-state index in [0.29, 0.717) is 0 Å². The highest BCUT2D eigenvalue weighted by molar-refractivity contribution is 5.77. The fraction of sp³-hybridized carbons (Fsp3) is 0.667. The highest BCUT2D eigenvalue weighted by Crippen LogP contribution is 2.41. The van der Waals surface area contributed by atoms with E-state index >= 15 is 0 Å². The summed E-state index contributed by atoms with van der Waals surface area (Å²) >= 11 is 0. The predicted octanol–water partition coefficient (Wildman–Crippen LogP) is 0.419. The van der Waals surface area contributed by atoms with E-state index in [1.54, 1.807) is 0 Å². The minimum absolute atomic E-state index is 0.216. The second-order valence-corrected chi connectivity index (χ2v) is 4.89. The SMILES string of the molecule is Cn1ccnc1C(O)(CC(=O)N1CCOCC1)C(F)(F)F. The molecule has 0 radical (unpaired) electrons. The third-order valence-corrected chi connectivity index (χ3v) is 3.43. The average Bonchev–Trinajstić information content (AvgIpc) is 2.85. The lowest BCUT2D eigenvalue weighted by Crippen LogP contribution is -2.50. The molecule has 21 heavy (non-hydrogen) atoms. The van der Waals surface area contributed by atoms with E-state index in [1.807, 2.05) is 0 Å². The summed E-state index contributed by atoms with van der Waals surface area (Å²) in [5, 5.41) is 10.1. The maximum atomic E-state index is 13.3. The zero-order valence-corrected chi connectivity index (χ0v) is 11.4. The molecule has 1 unspecified atom stereocenters. The van der Waals surface area contributed by atoms with Gasteiger partial charge in [-0.3, -0.25) is 4.79 Å². The van der Waals surface area contributed by atoms with Crippen LogP contribution >= 0.6 is 0 Å². The van der Waals surface area contributed by atoms with Crippen molar-refractivity contribution in [3.8, 4) is 0 Å². The molecule has 1 N–H and O–H groups in total. The topological polar surface area (TPSA) is 67.6 Å². The minimum Gasteiger partial charge on any atom is -0.378 e. The van der Waals surface area contributed by atoms with Gasteiger partial charge < -0.3 is 19.3 Å². The summed E-state index contributed by atoms with van der Waals surface area (Å²) in [5.41, 5.74) is -3.30. The summed E-state index contributed by atoms with van der Waals surface area (Å²) in [4.78, 5) is 16.8. The maximum absolute atomic E-state index is 13.3. The molecule has 1 aromatic heterocycles. The molecule has 1 atom stereocenters. The third kappa shape index (κ3) is 3.03. The van der Waals surface area contributed by atoms with E-state index in [0.717, 1.165) is 10.8 Å². The normalized spacial score (nSPS) is 19.4. The number of morpholine rings is 1. The largest absolute Gasteiger partial charge is 0.425 e. The first-order chi connectivity index (χ1) is 9.75. The van der Waals surface area contributed by atoms with Crippen molar-refractivity contribution in [2.24, 2.45) is 7.05 Å². The standard InChI is InChI=1S/C12H16F3N3O3/c1-17-3-2-16-10(17)11(20,12(13,14)15)8-9(19)18-4-6-21-7-5-18/h2-3,20H,4-8H2,1H3. The van der Waals surface area contributed by atoms with Gasteiger partial charge in [0.05, 0.1) is 19.6 Å². The fourth-order valence-corrected chi connectivity index (χ4v) is 2.21. The summed E-state index contributed by atoms with van der Waals surface area (Å²) < 4.78 is 45.9. The molecule has 0 spiro atoms. The number of ether oxygens (including phenoxy) is 1. The maximum Gasteiger partial charge on any atom is 0.425 e. The summed E-state index contributed by atoms with van der Waals surface area (Å²) in [7, 11) is 1.33. The monoisotopic (exact) mass is 307 g/mol. The van der Waals surface area contributed by atoms with E-state index in [9.17, 15) is 23.1 Å². The lowest BCUT2D eigenvalue weighted by Gasteiger charge is -2.33. The molecule has 6 nitrogen and oxygen atoms in total. The molecule has 1 aliphatic rings. The first-order valence-corrected chi connectivity index (χ1v) is 6.38. The number of aromatic nitrogens is 2. The Kier molecular flexibility index (Phi) is 4.24. The van der Waals surface area contributed by atoms with E-state index in [1.165, 1.54) is 18.1 Å². The lowest BCUT2D eigenvalue weighted by atomic mass is 9.96. The van der Waals surface area contributed by atoms with E-state index in [4.69, 9.17) is 4.74 Å². The lowest BCUT2D eigenvalue weighted by molar-refractivity contribution is -0.272. The number of alkyl halides is 3. The molecular formula is C12H16F3N3O3. The van der Waals surface area contributed by atoms with Crippen molar-refractivity contribution in [1.29, 1.82) is 0 Å². The Morgan fingerprint density at radius 3 is 2.52 bits per heavy atom. The van der Waals surface area contributed by atoms with Crippen molar-refractivity contribution in [2.45, 2.75) is 18.2 Å². The summed E-state index contributed by atoms with van der Waals surface area (Å²) in [5.74, 6) is -1.38. The van der Waals surface area contributed by atoms with Crippen molar-refractivity contribution in [2.75, 3.05) is 26.3 Å². The Bertz CT molecular complexity index is 511. The van der Waals surface area contributed by atoms with Crippen LogP contribution in [0.4, 0.5) is 13.2 Å². The highest BCUT2D eigenvalue weighted by Gasteiger charge is 2.59. The molecule has 1 aliphatic heterocycles. The van der Waals surface area contributed by atoms with Gasteiger partial charge in [-0.25, -0.2) is 4.98 Å². The number of carbonyl (C=O) groups excluding carboxylic acids is 1. The van der Waals surface area contributed by atoms with Crippen LogP contribution in [0, 0.1) is 0 Å². The van der Waals surface area contributed by atoms with E-state index in [2.05, 4.69) is 4.98 Å². The van der Waals surface area contributed by atoms with Crippen LogP contribution in [0.25, 0.3) is 0 Å². The smallest absolute Gasteiger partial charge is 0.378 e. The summed E-state index contributed by atoms with van der Waals surface area (Å²) in [6.45, 7) is 0.984. The number of aliphatic hydroxyl groups is 1. The van der Waals surface area contributed by atoms with Crippen LogP contribution < -0.4 is 0 Å². The highest BCUT2D eigenvalue weighted by atomic mass is 19.4. The van der Waals surface area contributed by atoms with Gasteiger partial charge in [0.2, 0.25) is 11.5 Å². The molecule has 1 amide bonds. The van der Waals surface area contributed by atoms with Crippen molar-refractivity contribution in [3.63, 3.8) is 0 Å². The zero-order chi connectivity index (χ0) is 15.7. The van der Waals surface area contributed by atoms with Crippen LogP contribution in [-0.4, -0.2) is 57.9 Å². The van der Waals surface area contributed by atoms with Gasteiger partial charge in [0.25, 0.3) is 0 Å². The molecule has 0 bridgehead atoms. The molecule has 2 rings (SSSR count). The number of imidazole rings is 1. The summed E-state index contributed by atoms with van der Waals surface area (Å²) in [6.07, 6.45) is -3.67. The van der Waals surface area contributed by atoms with E-state index < -0.39 is 29.9 Å². The molecule has 1 fully saturated rings. The van der Waals surface area contributed by atoms with Crippen LogP contribution in [0.1, 0.15) is 12.2 Å². The van der Waals surface area contributed by atoms with Crippen LogP contribution in [0.5, 0.6) is 0 Å². The molecule has 0 saturated carbocycles. The number of rotatable bonds is 3. The Morgan fingerprint density at radius 1 is 1.43 bits per heavy atom. The van der Waals surface area contributed by atoms with Gasteiger partial charge >= 0.3 is 6.18 Å². The van der Waals surface area contributed by atoms with Crippen molar-refractivity contribution in [3.05, 3.63) is 18.2 Å². The second-order valence-electron chi connectivity index (χ2n) is 4.89. The number of amides is 1. The number of nitrogens with zero attached hydrogens (tertiary/aromatic N) is 3. The Hall–Kier alpha value is -1.61. The van der Waals surface area contributed by atoms with Crippen LogP contribution in [0.2, 0.25) is 0 Å². The van der Waals surface area contributed by atoms with Crippen molar-refractivity contribution >= 4 is 5.91 Å². The van der Waals surface area contributed by atoms with Crippen LogP contribution in [-0.2, 0) is 22.2 Å². The molecule has 118 valence electrons. The van der Waals surface area contributed by atoms with E-state index in [-0.39, 0.29) is 26.3 Å². The van der Waals surface area contributed by atoms with Gasteiger partial charge in [-0.15, -0.1) is 0 Å². The number of hydrogen-bond acceptors (Lipinski definition) is 4. The molecule has 1 aromatic rings. The number of aryl methyl sites for hydroxylation is 1. The number of hydrogen-bond donors (Lipinski definition) is 1. The van der Waals surface area contributed by atoms with Gasteiger partial charge in [-0.2, -0.15) is 13.2 Å². The predicted molar refractivity (Wildman–Crippen MR) is 65.2 cm³/mol. The van der Waals surface area contributed by atoms with Crippen LogP contribution in [0.15, 0.2) is 12.4 Å². The molecule has 0 aromatic carbocycles. The number of carbonyl (C=O) groups is 1. The average molecular weight is 307 g/mol. The Morgan fingerprint density at radius 2 is 2.05 bits per heavy atom. The van der Waals surface area contributed by atoms with Gasteiger partial charge in [0.1, 0.15) is 0 Å². The molecular weight excluding hydrogens is 291 g/mol. The van der Waals surface area contributed by atoms with Gasteiger partial charge in [-0.1, -0.05) is 0 Å². The molecule has 1 saturated heterocycles. The first-order valence-electron chi connectivity index (χ1n) is 6.38. The summed E-state index contributed by atoms with van der Waals surface area (Å²) in [6, 6.07) is 0. The Balaban J connectivity index is 2.25. The Labute approximate surface area is 119 Å². The van der Waals surface area contributed by atoms with Gasteiger partial charge in [0, 0.05) is 32.5 Å². The van der Waals surface area contributed by atoms with Crippen molar-refractivity contribution < 1.29 is 27.8 Å². The molecule has 9 heteroatoms. The van der Waals surface area contributed by atoms with Crippen molar-refractivity contribution in [1.82, 2.24) is 14.5 Å². The first kappa shape index (κ1) is 15.8. The zero-order valence-electron chi connectivity index (χ0n) is 11.4. The van der Waals surface area contributed by atoms with Gasteiger partial charge in [-0.05, 0) is 0 Å². The van der Waals surface area contributed by atoms with Gasteiger partial charge in [0.15, 0.2) is 5.82 Å². The quantitative estimate of drug-likeness (QED) is 0.879. The van der Waals surface area contributed by atoms with Crippen LogP contribution in [0.3, 0.4) is 0 Å². The third-order valence-electron chi connectivity index (χ3n) is 3.43. The molecule has 2 heterocycles. The molecule has 0 aliphatic carbocycles.